The summed E-state index contributed by atoms with van der Waals surface area (Å²) in [6.45, 7) is 1.07. The van der Waals surface area contributed by atoms with Crippen LogP contribution in [0.2, 0.25) is 0 Å². The molecule has 6 nitrogen and oxygen atoms in total. The van der Waals surface area contributed by atoms with Gasteiger partial charge in [0, 0.05) is 37.8 Å². The van der Waals surface area contributed by atoms with Gasteiger partial charge < -0.3 is 10.2 Å². The van der Waals surface area contributed by atoms with E-state index in [4.69, 9.17) is 0 Å². The molecule has 0 saturated carbocycles. The molecule has 1 saturated heterocycles. The van der Waals surface area contributed by atoms with Gasteiger partial charge in [0.15, 0.2) is 0 Å². The van der Waals surface area contributed by atoms with Gasteiger partial charge in [0.05, 0.1) is 4.88 Å². The normalized spacial score (nSPS) is 17.5. The van der Waals surface area contributed by atoms with Gasteiger partial charge in [-0.15, -0.1) is 11.3 Å². The zero-order valence-corrected chi connectivity index (χ0v) is 19.9. The highest BCUT2D eigenvalue weighted by Gasteiger charge is 2.25. The minimum absolute atomic E-state index is 0.0238. The molecule has 3 aromatic rings. The second-order valence-corrected chi connectivity index (χ2v) is 9.50. The lowest BCUT2D eigenvalue weighted by Gasteiger charge is -2.18. The predicted molar refractivity (Wildman–Crippen MR) is 132 cm³/mol. The maximum Gasteiger partial charge on any atom is 0.261 e. The van der Waals surface area contributed by atoms with Crippen molar-refractivity contribution in [2.45, 2.75) is 37.9 Å². The van der Waals surface area contributed by atoms with Gasteiger partial charge in [0.2, 0.25) is 0 Å². The zero-order chi connectivity index (χ0) is 23.9. The molecule has 2 aromatic carbocycles. The highest BCUT2D eigenvalue weighted by Crippen LogP contribution is 2.24. The Hall–Kier alpha value is -3.07. The Morgan fingerprint density at radius 1 is 1.12 bits per heavy atom. The zero-order valence-electron chi connectivity index (χ0n) is 19.1. The number of rotatable bonds is 9. The van der Waals surface area contributed by atoms with Crippen molar-refractivity contribution in [1.82, 2.24) is 21.1 Å². The highest BCUT2D eigenvalue weighted by molar-refractivity contribution is 7.12. The van der Waals surface area contributed by atoms with Crippen molar-refractivity contribution >= 4 is 23.2 Å². The second kappa shape index (κ2) is 11.4. The molecule has 1 aliphatic heterocycles. The van der Waals surface area contributed by atoms with Crippen molar-refractivity contribution in [2.75, 3.05) is 13.6 Å². The first-order valence-corrected chi connectivity index (χ1v) is 12.3. The molecule has 2 heterocycles. The van der Waals surface area contributed by atoms with E-state index in [0.29, 0.717) is 23.5 Å². The molecule has 8 heteroatoms. The molecule has 34 heavy (non-hydrogen) atoms. The lowest BCUT2D eigenvalue weighted by Crippen LogP contribution is -2.32. The lowest BCUT2D eigenvalue weighted by atomic mass is 9.99. The Kier molecular flexibility index (Phi) is 8.05. The van der Waals surface area contributed by atoms with Crippen molar-refractivity contribution in [3.63, 3.8) is 0 Å². The summed E-state index contributed by atoms with van der Waals surface area (Å²) in [5.74, 6) is -0.340. The van der Waals surface area contributed by atoms with Gasteiger partial charge in [0.1, 0.15) is 5.82 Å². The maximum absolute atomic E-state index is 13.5. The van der Waals surface area contributed by atoms with Gasteiger partial charge in [-0.2, -0.15) is 0 Å². The van der Waals surface area contributed by atoms with Crippen LogP contribution in [0.15, 0.2) is 66.0 Å². The first-order valence-electron chi connectivity index (χ1n) is 11.4. The van der Waals surface area contributed by atoms with E-state index in [0.717, 1.165) is 30.4 Å². The Balaban J connectivity index is 1.19. The monoisotopic (exact) mass is 480 g/mol. The number of halogens is 1. The van der Waals surface area contributed by atoms with Gasteiger partial charge in [-0.25, -0.2) is 4.39 Å². The summed E-state index contributed by atoms with van der Waals surface area (Å²) in [7, 11) is 1.81. The van der Waals surface area contributed by atoms with Crippen LogP contribution in [-0.2, 0) is 6.54 Å². The maximum atomic E-state index is 13.5. The van der Waals surface area contributed by atoms with Gasteiger partial charge in [-0.1, -0.05) is 30.3 Å². The predicted octanol–water partition coefficient (Wildman–Crippen LogP) is 4.28. The SMILES string of the molecule is CN(CCCC1CC(c2cccc(F)c2)NN1)C(=O)c1ccc(CNC(=O)c2cccs2)cc1. The summed E-state index contributed by atoms with van der Waals surface area (Å²) in [6.07, 6.45) is 2.66. The molecule has 2 unspecified atom stereocenters. The van der Waals surface area contributed by atoms with Crippen LogP contribution in [0.1, 0.15) is 56.5 Å². The number of thiophene rings is 1. The van der Waals surface area contributed by atoms with E-state index in [9.17, 15) is 14.0 Å². The Morgan fingerprint density at radius 3 is 2.68 bits per heavy atom. The summed E-state index contributed by atoms with van der Waals surface area (Å²) in [4.78, 5) is 27.2. The van der Waals surface area contributed by atoms with Gasteiger partial charge in [-0.05, 0) is 66.1 Å². The van der Waals surface area contributed by atoms with Crippen LogP contribution in [0.3, 0.4) is 0 Å². The summed E-state index contributed by atoms with van der Waals surface area (Å²) in [5, 5.41) is 4.76. The van der Waals surface area contributed by atoms with Crippen molar-refractivity contribution in [3.8, 4) is 0 Å². The first-order chi connectivity index (χ1) is 16.5. The smallest absolute Gasteiger partial charge is 0.261 e. The summed E-state index contributed by atoms with van der Waals surface area (Å²) >= 11 is 1.41. The van der Waals surface area contributed by atoms with Gasteiger partial charge >= 0.3 is 0 Å². The lowest BCUT2D eigenvalue weighted by molar-refractivity contribution is 0.0791. The third kappa shape index (κ3) is 6.28. The Labute approximate surface area is 203 Å². The molecule has 2 atom stereocenters. The van der Waals surface area contributed by atoms with Crippen LogP contribution in [0.4, 0.5) is 4.39 Å². The largest absolute Gasteiger partial charge is 0.347 e. The Morgan fingerprint density at radius 2 is 1.94 bits per heavy atom. The molecular weight excluding hydrogens is 451 g/mol. The molecule has 1 fully saturated rings. The molecule has 4 rings (SSSR count). The van der Waals surface area contributed by atoms with Crippen molar-refractivity contribution in [1.29, 1.82) is 0 Å². The summed E-state index contributed by atoms with van der Waals surface area (Å²) in [6, 6.07) is 18.0. The van der Waals surface area contributed by atoms with E-state index in [1.165, 1.54) is 17.4 Å². The van der Waals surface area contributed by atoms with Crippen LogP contribution in [0, 0.1) is 5.82 Å². The molecule has 178 valence electrons. The minimum Gasteiger partial charge on any atom is -0.347 e. The van der Waals surface area contributed by atoms with Crippen molar-refractivity contribution in [2.24, 2.45) is 0 Å². The second-order valence-electron chi connectivity index (χ2n) is 8.55. The first kappa shape index (κ1) is 24.1. The number of benzene rings is 2. The van der Waals surface area contributed by atoms with Crippen LogP contribution >= 0.6 is 11.3 Å². The topological polar surface area (TPSA) is 73.5 Å². The standard InChI is InChI=1S/C26H29FN4O2S/c1-31(13-3-7-22-16-23(30-29-22)20-5-2-6-21(27)15-20)26(33)19-11-9-18(10-12-19)17-28-25(32)24-8-4-14-34-24/h2,4-6,8-12,14-15,22-23,29-30H,3,7,13,16-17H2,1H3,(H,28,32). The van der Waals surface area contributed by atoms with E-state index in [1.54, 1.807) is 35.2 Å². The summed E-state index contributed by atoms with van der Waals surface area (Å²) in [5.41, 5.74) is 9.04. The van der Waals surface area contributed by atoms with Crippen LogP contribution in [-0.4, -0.2) is 36.3 Å². The third-order valence-electron chi connectivity index (χ3n) is 6.02. The number of nitrogens with one attached hydrogen (secondary N) is 3. The molecule has 3 N–H and O–H groups in total. The number of hydrogen-bond donors (Lipinski definition) is 3. The summed E-state index contributed by atoms with van der Waals surface area (Å²) < 4.78 is 13.5. The number of hydrogen-bond acceptors (Lipinski definition) is 5. The molecule has 0 aliphatic carbocycles. The van der Waals surface area contributed by atoms with E-state index >= 15 is 0 Å². The van der Waals surface area contributed by atoms with Gasteiger partial charge in [0.25, 0.3) is 11.8 Å². The average Bonchev–Trinajstić information content (AvgIpc) is 3.55. The number of hydrazine groups is 1. The van der Waals surface area contributed by atoms with Crippen LogP contribution in [0.5, 0.6) is 0 Å². The fourth-order valence-electron chi connectivity index (χ4n) is 4.09. The highest BCUT2D eigenvalue weighted by atomic mass is 32.1. The quantitative estimate of drug-likeness (QED) is 0.428. The van der Waals surface area contributed by atoms with E-state index < -0.39 is 0 Å². The number of carbonyl (C=O) groups is 2. The molecule has 0 bridgehead atoms. The number of amides is 2. The Bertz CT molecular complexity index is 1100. The molecule has 0 spiro atoms. The number of carbonyl (C=O) groups excluding carboxylic acids is 2. The third-order valence-corrected chi connectivity index (χ3v) is 6.89. The average molecular weight is 481 g/mol. The molecule has 1 aliphatic rings. The fourth-order valence-corrected chi connectivity index (χ4v) is 4.73. The molecule has 0 radical (unpaired) electrons. The minimum atomic E-state index is -0.223. The van der Waals surface area contributed by atoms with E-state index in [-0.39, 0.29) is 29.7 Å². The van der Waals surface area contributed by atoms with E-state index in [2.05, 4.69) is 16.2 Å². The van der Waals surface area contributed by atoms with Crippen LogP contribution in [0.25, 0.3) is 0 Å². The molecule has 2 amide bonds. The van der Waals surface area contributed by atoms with E-state index in [1.807, 2.05) is 36.7 Å². The molecular formula is C26H29FN4O2S. The van der Waals surface area contributed by atoms with Crippen molar-refractivity contribution < 1.29 is 14.0 Å². The van der Waals surface area contributed by atoms with Crippen LogP contribution < -0.4 is 16.2 Å². The van der Waals surface area contributed by atoms with Crippen molar-refractivity contribution in [3.05, 3.63) is 93.4 Å². The molecule has 1 aromatic heterocycles. The number of nitrogens with zero attached hydrogens (tertiary/aromatic N) is 1. The fraction of sp³-hybridized carbons (Fsp3) is 0.308. The van der Waals surface area contributed by atoms with Gasteiger partial charge in [-0.3, -0.25) is 20.4 Å².